The number of amides is 1. The van der Waals surface area contributed by atoms with Crippen LogP contribution in [0.5, 0.6) is 5.75 Å². The lowest BCUT2D eigenvalue weighted by Gasteiger charge is -2.20. The van der Waals surface area contributed by atoms with E-state index in [1.54, 1.807) is 32.9 Å². The number of anilines is 1. The molecule has 0 aliphatic heterocycles. The Hall–Kier alpha value is -2.38. The number of hydrogen-bond donors (Lipinski definition) is 2. The average molecular weight is 419 g/mol. The van der Waals surface area contributed by atoms with Crippen molar-refractivity contribution in [2.75, 3.05) is 11.9 Å². The number of carbonyl (C=O) groups is 1. The summed E-state index contributed by atoms with van der Waals surface area (Å²) in [4.78, 5) is 12.4. The standard InChI is InChI=1S/C22H30N2O4S/c1-15(2)17-11-10-16(3)20(12-17)28-14-21(25)23-18-8-7-9-19(13-18)29(26,27)24-22(4,5)6/h7-13,15,24H,14H2,1-6H3,(H,23,25). The van der Waals surface area contributed by atoms with E-state index in [4.69, 9.17) is 4.74 Å². The van der Waals surface area contributed by atoms with E-state index in [0.29, 0.717) is 17.4 Å². The predicted molar refractivity (Wildman–Crippen MR) is 116 cm³/mol. The molecule has 0 saturated carbocycles. The van der Waals surface area contributed by atoms with Crippen LogP contribution >= 0.6 is 0 Å². The van der Waals surface area contributed by atoms with Gasteiger partial charge in [0.1, 0.15) is 5.75 Å². The van der Waals surface area contributed by atoms with E-state index in [1.807, 2.05) is 25.1 Å². The van der Waals surface area contributed by atoms with E-state index in [1.165, 1.54) is 12.1 Å². The van der Waals surface area contributed by atoms with Gasteiger partial charge in [0.05, 0.1) is 4.90 Å². The van der Waals surface area contributed by atoms with Crippen LogP contribution in [0.2, 0.25) is 0 Å². The summed E-state index contributed by atoms with van der Waals surface area (Å²) in [6.07, 6.45) is 0. The maximum Gasteiger partial charge on any atom is 0.262 e. The molecule has 0 fully saturated rings. The Balaban J connectivity index is 2.06. The molecule has 1 amide bonds. The van der Waals surface area contributed by atoms with Crippen molar-refractivity contribution in [1.29, 1.82) is 0 Å². The summed E-state index contributed by atoms with van der Waals surface area (Å²) >= 11 is 0. The molecule has 0 spiro atoms. The zero-order valence-corrected chi connectivity index (χ0v) is 18.7. The monoisotopic (exact) mass is 418 g/mol. The van der Waals surface area contributed by atoms with Crippen LogP contribution in [0, 0.1) is 6.92 Å². The Bertz CT molecular complexity index is 977. The van der Waals surface area contributed by atoms with Gasteiger partial charge in [0, 0.05) is 11.2 Å². The molecular formula is C22H30N2O4S. The highest BCUT2D eigenvalue weighted by molar-refractivity contribution is 7.89. The second-order valence-electron chi connectivity index (χ2n) is 8.40. The first kappa shape index (κ1) is 22.9. The fraction of sp³-hybridized carbons (Fsp3) is 0.409. The van der Waals surface area contributed by atoms with Crippen molar-refractivity contribution in [1.82, 2.24) is 4.72 Å². The second-order valence-corrected chi connectivity index (χ2v) is 10.1. The fourth-order valence-corrected chi connectivity index (χ4v) is 4.14. The minimum atomic E-state index is -3.68. The number of rotatable bonds is 7. The van der Waals surface area contributed by atoms with Crippen LogP contribution in [-0.2, 0) is 14.8 Å². The maximum absolute atomic E-state index is 12.5. The van der Waals surface area contributed by atoms with Crippen LogP contribution in [0.1, 0.15) is 51.7 Å². The summed E-state index contributed by atoms with van der Waals surface area (Å²) in [5.41, 5.74) is 1.87. The van der Waals surface area contributed by atoms with Crippen molar-refractivity contribution < 1.29 is 17.9 Å². The topological polar surface area (TPSA) is 84.5 Å². The highest BCUT2D eigenvalue weighted by Gasteiger charge is 2.22. The summed E-state index contributed by atoms with van der Waals surface area (Å²) < 4.78 is 33.2. The van der Waals surface area contributed by atoms with Crippen LogP contribution in [0.25, 0.3) is 0 Å². The number of ether oxygens (including phenoxy) is 1. The first-order valence-corrected chi connectivity index (χ1v) is 11.0. The van der Waals surface area contributed by atoms with E-state index < -0.39 is 15.6 Å². The first-order valence-electron chi connectivity index (χ1n) is 9.54. The summed E-state index contributed by atoms with van der Waals surface area (Å²) in [6.45, 7) is 11.2. The lowest BCUT2D eigenvalue weighted by Crippen LogP contribution is -2.40. The average Bonchev–Trinajstić information content (AvgIpc) is 2.59. The number of nitrogens with one attached hydrogen (secondary N) is 2. The third kappa shape index (κ3) is 6.87. The number of hydrogen-bond acceptors (Lipinski definition) is 4. The largest absolute Gasteiger partial charge is 0.483 e. The van der Waals surface area contributed by atoms with Crippen molar-refractivity contribution in [2.24, 2.45) is 0 Å². The minimum absolute atomic E-state index is 0.0895. The van der Waals surface area contributed by atoms with Gasteiger partial charge in [-0.2, -0.15) is 0 Å². The van der Waals surface area contributed by atoms with Gasteiger partial charge in [0.2, 0.25) is 10.0 Å². The van der Waals surface area contributed by atoms with E-state index in [9.17, 15) is 13.2 Å². The molecule has 2 aromatic carbocycles. The molecule has 29 heavy (non-hydrogen) atoms. The van der Waals surface area contributed by atoms with Gasteiger partial charge in [-0.15, -0.1) is 0 Å². The zero-order valence-electron chi connectivity index (χ0n) is 17.9. The summed E-state index contributed by atoms with van der Waals surface area (Å²) in [5, 5.41) is 2.69. The molecule has 0 heterocycles. The second kappa shape index (κ2) is 8.97. The normalized spacial score (nSPS) is 12.1. The number of aryl methyl sites for hydroxylation is 1. The lowest BCUT2D eigenvalue weighted by molar-refractivity contribution is -0.118. The molecule has 0 bridgehead atoms. The van der Waals surface area contributed by atoms with Gasteiger partial charge in [-0.05, 0) is 69.0 Å². The van der Waals surface area contributed by atoms with Gasteiger partial charge < -0.3 is 10.1 Å². The van der Waals surface area contributed by atoms with Crippen LogP contribution in [-0.4, -0.2) is 26.5 Å². The molecule has 0 atom stereocenters. The molecule has 0 saturated heterocycles. The van der Waals surface area contributed by atoms with Crippen LogP contribution < -0.4 is 14.8 Å². The van der Waals surface area contributed by atoms with Gasteiger partial charge in [-0.25, -0.2) is 13.1 Å². The Morgan fingerprint density at radius 3 is 2.41 bits per heavy atom. The van der Waals surface area contributed by atoms with Crippen LogP contribution in [0.15, 0.2) is 47.4 Å². The molecule has 0 aromatic heterocycles. The summed E-state index contributed by atoms with van der Waals surface area (Å²) in [6, 6.07) is 12.1. The van der Waals surface area contributed by atoms with Crippen LogP contribution in [0.4, 0.5) is 5.69 Å². The smallest absolute Gasteiger partial charge is 0.262 e. The quantitative estimate of drug-likeness (QED) is 0.705. The van der Waals surface area contributed by atoms with Gasteiger partial charge in [0.15, 0.2) is 6.61 Å². The molecule has 0 aliphatic carbocycles. The molecule has 2 N–H and O–H groups in total. The van der Waals surface area contributed by atoms with Gasteiger partial charge in [-0.1, -0.05) is 32.0 Å². The Morgan fingerprint density at radius 2 is 1.79 bits per heavy atom. The van der Waals surface area contributed by atoms with Gasteiger partial charge in [-0.3, -0.25) is 4.79 Å². The van der Waals surface area contributed by atoms with Gasteiger partial charge >= 0.3 is 0 Å². The molecule has 0 aliphatic rings. The van der Waals surface area contributed by atoms with E-state index >= 15 is 0 Å². The SMILES string of the molecule is Cc1ccc(C(C)C)cc1OCC(=O)Nc1cccc(S(=O)(=O)NC(C)(C)C)c1. The van der Waals surface area contributed by atoms with Gasteiger partial charge in [0.25, 0.3) is 5.91 Å². The molecular weight excluding hydrogens is 388 g/mol. The van der Waals surface area contributed by atoms with Crippen LogP contribution in [0.3, 0.4) is 0 Å². The number of benzene rings is 2. The van der Waals surface area contributed by atoms with Crippen molar-refractivity contribution >= 4 is 21.6 Å². The zero-order chi connectivity index (χ0) is 21.8. The maximum atomic E-state index is 12.5. The highest BCUT2D eigenvalue weighted by atomic mass is 32.2. The predicted octanol–water partition coefficient (Wildman–Crippen LogP) is 4.21. The minimum Gasteiger partial charge on any atom is -0.483 e. The molecule has 6 nitrogen and oxygen atoms in total. The van der Waals surface area contributed by atoms with Crippen molar-refractivity contribution in [2.45, 2.75) is 57.9 Å². The summed E-state index contributed by atoms with van der Waals surface area (Å²) in [7, 11) is -3.68. The Morgan fingerprint density at radius 1 is 1.10 bits per heavy atom. The molecule has 0 unspecified atom stereocenters. The number of carbonyl (C=O) groups excluding carboxylic acids is 1. The highest BCUT2D eigenvalue weighted by Crippen LogP contribution is 2.24. The Labute approximate surface area is 173 Å². The molecule has 0 radical (unpaired) electrons. The molecule has 2 aromatic rings. The van der Waals surface area contributed by atoms with Crippen molar-refractivity contribution in [3.63, 3.8) is 0 Å². The third-order valence-electron chi connectivity index (χ3n) is 4.11. The van der Waals surface area contributed by atoms with E-state index in [2.05, 4.69) is 23.9 Å². The third-order valence-corrected chi connectivity index (χ3v) is 5.86. The van der Waals surface area contributed by atoms with E-state index in [-0.39, 0.29) is 17.4 Å². The number of sulfonamides is 1. The molecule has 2 rings (SSSR count). The molecule has 158 valence electrons. The lowest BCUT2D eigenvalue weighted by atomic mass is 10.0. The molecule has 7 heteroatoms. The summed E-state index contributed by atoms with van der Waals surface area (Å²) in [5.74, 6) is 0.660. The fourth-order valence-electron chi connectivity index (χ4n) is 2.67. The Kier molecular flexibility index (Phi) is 7.08. The van der Waals surface area contributed by atoms with E-state index in [0.717, 1.165) is 11.1 Å². The van der Waals surface area contributed by atoms with Crippen molar-refractivity contribution in [3.8, 4) is 5.75 Å². The van der Waals surface area contributed by atoms with Crippen molar-refractivity contribution in [3.05, 3.63) is 53.6 Å². The first-order chi connectivity index (χ1) is 13.4.